The smallest absolute Gasteiger partial charge is 0.306 e. The van der Waals surface area contributed by atoms with Crippen LogP contribution >= 0.6 is 0 Å². The molecule has 0 bridgehead atoms. The van der Waals surface area contributed by atoms with Crippen molar-refractivity contribution in [2.75, 3.05) is 6.61 Å². The van der Waals surface area contributed by atoms with Crippen molar-refractivity contribution >= 4 is 11.9 Å². The van der Waals surface area contributed by atoms with Crippen molar-refractivity contribution in [3.8, 4) is 0 Å². The third kappa shape index (κ3) is 7.72. The van der Waals surface area contributed by atoms with Crippen molar-refractivity contribution in [2.24, 2.45) is 56.2 Å². The first-order valence-electron chi connectivity index (χ1n) is 20.1. The van der Waals surface area contributed by atoms with Gasteiger partial charge in [0.25, 0.3) is 0 Å². The molecule has 49 heavy (non-hydrogen) atoms. The van der Waals surface area contributed by atoms with Gasteiger partial charge in [-0.3, -0.25) is 9.59 Å². The zero-order valence-corrected chi connectivity index (χ0v) is 34.0. The number of allylic oxidation sites excluding steroid dienone is 2. The number of fused-ring (bicyclic) bond motifs is 7. The molecule has 0 aliphatic heterocycles. The van der Waals surface area contributed by atoms with Gasteiger partial charge in [-0.15, -0.1) is 6.58 Å². The molecule has 9 atom stereocenters. The van der Waals surface area contributed by atoms with Gasteiger partial charge in [0, 0.05) is 10.8 Å². The molecule has 1 N–H and O–H groups in total. The van der Waals surface area contributed by atoms with Gasteiger partial charge in [-0.2, -0.15) is 0 Å². The summed E-state index contributed by atoms with van der Waals surface area (Å²) < 4.78 is 12.6. The summed E-state index contributed by atoms with van der Waals surface area (Å²) in [7, 11) is 0. The number of esters is 1. The van der Waals surface area contributed by atoms with Gasteiger partial charge >= 0.3 is 11.9 Å². The summed E-state index contributed by atoms with van der Waals surface area (Å²) in [5.74, 6) is 2.62. The molecule has 0 saturated heterocycles. The van der Waals surface area contributed by atoms with Crippen LogP contribution in [0.25, 0.3) is 0 Å². The van der Waals surface area contributed by atoms with Crippen molar-refractivity contribution in [1.29, 1.82) is 0 Å². The Kier molecular flexibility index (Phi) is 13.1. The Balaban J connectivity index is 0.00000101. The molecule has 5 aliphatic carbocycles. The van der Waals surface area contributed by atoms with Crippen LogP contribution in [0.1, 0.15) is 173 Å². The van der Waals surface area contributed by atoms with Crippen molar-refractivity contribution < 1.29 is 24.2 Å². The molecule has 0 amide bonds. The largest absolute Gasteiger partial charge is 0.498 e. The van der Waals surface area contributed by atoms with Gasteiger partial charge in [0.15, 0.2) is 0 Å². The fourth-order valence-electron chi connectivity index (χ4n) is 12.7. The van der Waals surface area contributed by atoms with E-state index in [9.17, 15) is 14.7 Å². The third-order valence-corrected chi connectivity index (χ3v) is 14.9. The van der Waals surface area contributed by atoms with Crippen LogP contribution in [-0.4, -0.2) is 29.8 Å². The predicted molar refractivity (Wildman–Crippen MR) is 203 cm³/mol. The first-order chi connectivity index (χ1) is 22.7. The lowest BCUT2D eigenvalue weighted by molar-refractivity contribution is -0.248. The number of hydrogen-bond donors (Lipinski definition) is 1. The quantitative estimate of drug-likeness (QED) is 0.149. The lowest BCUT2D eigenvalue weighted by Gasteiger charge is -2.72. The first-order valence-corrected chi connectivity index (χ1v) is 20.1. The van der Waals surface area contributed by atoms with Gasteiger partial charge in [0.2, 0.25) is 0 Å². The van der Waals surface area contributed by atoms with Crippen LogP contribution in [-0.2, 0) is 19.1 Å². The Morgan fingerprint density at radius 3 is 2.02 bits per heavy atom. The van der Waals surface area contributed by atoms with Gasteiger partial charge < -0.3 is 14.6 Å². The maximum atomic E-state index is 13.1. The van der Waals surface area contributed by atoms with Gasteiger partial charge in [0.05, 0.1) is 25.2 Å². The topological polar surface area (TPSA) is 72.8 Å². The first kappa shape index (κ1) is 41.6. The zero-order valence-electron chi connectivity index (χ0n) is 34.0. The molecule has 282 valence electrons. The average molecular weight is 685 g/mol. The summed E-state index contributed by atoms with van der Waals surface area (Å²) in [6.07, 6.45) is 14.6. The van der Waals surface area contributed by atoms with Gasteiger partial charge in [0.1, 0.15) is 6.10 Å². The van der Waals surface area contributed by atoms with E-state index in [-0.39, 0.29) is 41.2 Å². The van der Waals surface area contributed by atoms with Crippen molar-refractivity contribution in [3.05, 3.63) is 24.5 Å². The van der Waals surface area contributed by atoms with Crippen LogP contribution in [0.2, 0.25) is 0 Å². The molecule has 5 saturated carbocycles. The minimum Gasteiger partial charge on any atom is -0.498 e. The minimum absolute atomic E-state index is 0.0290. The van der Waals surface area contributed by atoms with E-state index in [4.69, 9.17) is 9.47 Å². The molecule has 5 heteroatoms. The normalized spacial score (nSPS) is 38.7. The summed E-state index contributed by atoms with van der Waals surface area (Å²) in [6, 6.07) is 0. The molecule has 0 spiro atoms. The lowest BCUT2D eigenvalue weighted by atomic mass is 9.32. The molecule has 5 aliphatic rings. The molecule has 0 aromatic carbocycles. The van der Waals surface area contributed by atoms with E-state index in [0.717, 1.165) is 37.5 Å². The number of carboxylic acids is 1. The molecule has 5 rings (SSSR count). The van der Waals surface area contributed by atoms with Crippen LogP contribution < -0.4 is 0 Å². The second-order valence-corrected chi connectivity index (χ2v) is 19.1. The van der Waals surface area contributed by atoms with E-state index < -0.39 is 11.4 Å². The van der Waals surface area contributed by atoms with Crippen molar-refractivity contribution in [2.45, 2.75) is 179 Å². The number of carbonyl (C=O) groups is 2. The van der Waals surface area contributed by atoms with E-state index >= 15 is 0 Å². The summed E-state index contributed by atoms with van der Waals surface area (Å²) in [6.45, 7) is 35.4. The SMILES string of the molecule is C=C(C)C.C=C(OCCC)C12CCCC1C1CCC3C4(C)CCC(OC(=O)CC(C)(C)CC(=O)O)C(C)(C)C4CCC3(C)[C@]1(C)CC2.CC. The predicted octanol–water partition coefficient (Wildman–Crippen LogP) is 12.2. The van der Waals surface area contributed by atoms with Gasteiger partial charge in [-0.1, -0.05) is 87.8 Å². The summed E-state index contributed by atoms with van der Waals surface area (Å²) >= 11 is 0. The van der Waals surface area contributed by atoms with Crippen LogP contribution in [0.4, 0.5) is 0 Å². The molecule has 8 unspecified atom stereocenters. The number of aliphatic carboxylic acids is 1. The van der Waals surface area contributed by atoms with Crippen LogP contribution in [0, 0.1) is 56.2 Å². The molecule has 0 aromatic rings. The van der Waals surface area contributed by atoms with E-state index in [0.29, 0.717) is 28.6 Å². The van der Waals surface area contributed by atoms with Crippen molar-refractivity contribution in [1.82, 2.24) is 0 Å². The highest BCUT2D eigenvalue weighted by molar-refractivity contribution is 5.73. The van der Waals surface area contributed by atoms with E-state index in [1.54, 1.807) is 0 Å². The Labute approximate surface area is 301 Å². The number of ether oxygens (including phenoxy) is 2. The van der Waals surface area contributed by atoms with E-state index in [2.05, 4.69) is 54.7 Å². The Hall–Kier alpha value is -1.78. The van der Waals surface area contributed by atoms with E-state index in [1.165, 1.54) is 63.4 Å². The lowest BCUT2D eigenvalue weighted by Crippen LogP contribution is -2.66. The zero-order chi connectivity index (χ0) is 37.2. The molecule has 0 radical (unpaired) electrons. The summed E-state index contributed by atoms with van der Waals surface area (Å²) in [4.78, 5) is 24.4. The Morgan fingerprint density at radius 1 is 0.796 bits per heavy atom. The second-order valence-electron chi connectivity index (χ2n) is 19.1. The molecule has 0 heterocycles. The number of hydrogen-bond acceptors (Lipinski definition) is 4. The molecule has 5 fully saturated rings. The standard InChI is InChI=1S/C38H62O5.C4H8.C2H6/c1-10-22-42-25(2)38-17-11-12-27(38)26-13-14-29-35(7)18-16-30(43-32(41)24-33(3,4)23-31(39)40)34(5,6)28(35)15-19-37(29,9)36(26,8)20-21-38;1-4(2)3;1-2/h26-30H,2,10-24H2,1,3-9H3,(H,39,40);1H2,2-3H3;1-2H3/t26?,27?,28?,29?,30?,35?,36-,37?,38?;;/m1../s1. The summed E-state index contributed by atoms with van der Waals surface area (Å²) in [5, 5.41) is 9.28. The van der Waals surface area contributed by atoms with Gasteiger partial charge in [-0.05, 0) is 130 Å². The maximum absolute atomic E-state index is 13.1. The van der Waals surface area contributed by atoms with Crippen LogP contribution in [0.15, 0.2) is 24.5 Å². The van der Waals surface area contributed by atoms with Gasteiger partial charge in [-0.25, -0.2) is 0 Å². The van der Waals surface area contributed by atoms with Crippen LogP contribution in [0.5, 0.6) is 0 Å². The van der Waals surface area contributed by atoms with Crippen LogP contribution in [0.3, 0.4) is 0 Å². The Morgan fingerprint density at radius 2 is 1.43 bits per heavy atom. The molecular formula is C44H76O5. The molecular weight excluding hydrogens is 608 g/mol. The monoisotopic (exact) mass is 685 g/mol. The number of carboxylic acid groups (broad SMARTS) is 1. The summed E-state index contributed by atoms with van der Waals surface area (Å²) in [5.41, 5.74) is 1.50. The average Bonchev–Trinajstić information content (AvgIpc) is 3.43. The molecule has 5 nitrogen and oxygen atoms in total. The highest BCUT2D eigenvalue weighted by atomic mass is 16.5. The second kappa shape index (κ2) is 15.4. The number of rotatable bonds is 9. The fourth-order valence-corrected chi connectivity index (χ4v) is 12.7. The number of carbonyl (C=O) groups excluding carboxylic acids is 1. The highest BCUT2D eigenvalue weighted by Gasteiger charge is 2.70. The van der Waals surface area contributed by atoms with Crippen molar-refractivity contribution in [3.63, 3.8) is 0 Å². The third-order valence-electron chi connectivity index (χ3n) is 14.9. The molecule has 0 aromatic heterocycles. The Bertz CT molecular complexity index is 1200. The highest BCUT2D eigenvalue weighted by Crippen LogP contribution is 2.77. The fraction of sp³-hybridized carbons (Fsp3) is 0.864. The maximum Gasteiger partial charge on any atom is 0.306 e. The van der Waals surface area contributed by atoms with E-state index in [1.807, 2.05) is 41.5 Å². The minimum atomic E-state index is -0.869.